The summed E-state index contributed by atoms with van der Waals surface area (Å²) in [6.07, 6.45) is 10.2. The molecule has 0 unspecified atom stereocenters. The van der Waals surface area contributed by atoms with Crippen molar-refractivity contribution in [2.45, 2.75) is 63.8 Å². The molecule has 0 saturated heterocycles. The van der Waals surface area contributed by atoms with E-state index in [0.717, 1.165) is 25.7 Å². The molecule has 24 heavy (non-hydrogen) atoms. The largest absolute Gasteiger partial charge is 0.481 e. The number of allylic oxidation sites excluding steroid dienone is 2. The molecule has 0 aromatic heterocycles. The first-order chi connectivity index (χ1) is 11.6. The van der Waals surface area contributed by atoms with Crippen LogP contribution in [-0.4, -0.2) is 35.6 Å². The Bertz CT molecular complexity index is 482. The van der Waals surface area contributed by atoms with E-state index in [-0.39, 0.29) is 25.0 Å². The van der Waals surface area contributed by atoms with E-state index in [9.17, 15) is 14.4 Å². The summed E-state index contributed by atoms with van der Waals surface area (Å²) in [6.45, 7) is 0.134. The van der Waals surface area contributed by atoms with E-state index in [1.54, 1.807) is 6.08 Å². The highest BCUT2D eigenvalue weighted by atomic mass is 16.5. The van der Waals surface area contributed by atoms with E-state index in [4.69, 9.17) is 9.84 Å². The van der Waals surface area contributed by atoms with E-state index in [1.807, 2.05) is 6.08 Å². The first-order valence-electron chi connectivity index (χ1n) is 8.89. The molecule has 2 aliphatic rings. The third-order valence-electron chi connectivity index (χ3n) is 4.85. The average molecular weight is 337 g/mol. The highest BCUT2D eigenvalue weighted by molar-refractivity contribution is 5.79. The minimum atomic E-state index is -1.01. The molecule has 2 rings (SSSR count). The standard InChI is InChI=1S/C18H27NO5/c20-16-10-6-2-5-9-14(11-17(21)22)18(23)24-12-15(19-16)13-7-3-1-4-8-13/h2,5,13-15H,1,3-4,6-12H2,(H,19,20)(H,21,22)/t14-,15-/m0/s1. The lowest BCUT2D eigenvalue weighted by Gasteiger charge is -2.31. The van der Waals surface area contributed by atoms with Gasteiger partial charge in [-0.05, 0) is 31.6 Å². The average Bonchev–Trinajstić information content (AvgIpc) is 2.56. The zero-order chi connectivity index (χ0) is 17.4. The van der Waals surface area contributed by atoms with Gasteiger partial charge in [0.15, 0.2) is 0 Å². The minimum Gasteiger partial charge on any atom is -0.481 e. The van der Waals surface area contributed by atoms with Gasteiger partial charge in [-0.25, -0.2) is 0 Å². The van der Waals surface area contributed by atoms with Crippen LogP contribution in [0.1, 0.15) is 57.8 Å². The highest BCUT2D eigenvalue weighted by Crippen LogP contribution is 2.27. The molecule has 1 saturated carbocycles. The van der Waals surface area contributed by atoms with Gasteiger partial charge < -0.3 is 15.2 Å². The summed E-state index contributed by atoms with van der Waals surface area (Å²) in [4.78, 5) is 35.3. The molecular formula is C18H27NO5. The number of rotatable bonds is 3. The van der Waals surface area contributed by atoms with Gasteiger partial charge in [-0.1, -0.05) is 31.4 Å². The number of carbonyl (C=O) groups excluding carboxylic acids is 2. The number of esters is 1. The Balaban J connectivity index is 2.06. The topological polar surface area (TPSA) is 92.7 Å². The van der Waals surface area contributed by atoms with Crippen molar-refractivity contribution in [2.24, 2.45) is 11.8 Å². The maximum Gasteiger partial charge on any atom is 0.309 e. The fraction of sp³-hybridized carbons (Fsp3) is 0.722. The van der Waals surface area contributed by atoms with Crippen molar-refractivity contribution in [2.75, 3.05) is 6.61 Å². The third-order valence-corrected chi connectivity index (χ3v) is 4.85. The summed E-state index contributed by atoms with van der Waals surface area (Å²) in [5, 5.41) is 12.0. The van der Waals surface area contributed by atoms with Crippen LogP contribution >= 0.6 is 0 Å². The normalized spacial score (nSPS) is 27.5. The lowest BCUT2D eigenvalue weighted by molar-refractivity contribution is -0.154. The quantitative estimate of drug-likeness (QED) is 0.609. The molecule has 6 heteroatoms. The molecule has 0 aromatic rings. The second-order valence-electron chi connectivity index (χ2n) is 6.74. The minimum absolute atomic E-state index is 0.0195. The molecule has 0 bridgehead atoms. The summed E-state index contributed by atoms with van der Waals surface area (Å²) in [5.41, 5.74) is 0. The number of ether oxygens (including phenoxy) is 1. The summed E-state index contributed by atoms with van der Waals surface area (Å²) in [7, 11) is 0. The predicted octanol–water partition coefficient (Wildman–Crippen LogP) is 2.43. The van der Waals surface area contributed by atoms with Gasteiger partial charge in [0, 0.05) is 6.42 Å². The van der Waals surface area contributed by atoms with Gasteiger partial charge in [0.2, 0.25) is 5.91 Å². The van der Waals surface area contributed by atoms with Crippen LogP contribution in [0.3, 0.4) is 0 Å². The first kappa shape index (κ1) is 18.5. The Morgan fingerprint density at radius 1 is 1.21 bits per heavy atom. The van der Waals surface area contributed by atoms with Crippen molar-refractivity contribution in [3.63, 3.8) is 0 Å². The zero-order valence-electron chi connectivity index (χ0n) is 14.0. The third kappa shape index (κ3) is 5.98. The lowest BCUT2D eigenvalue weighted by atomic mass is 9.84. The van der Waals surface area contributed by atoms with Crippen LogP contribution in [0.4, 0.5) is 0 Å². The van der Waals surface area contributed by atoms with Gasteiger partial charge in [-0.3, -0.25) is 14.4 Å². The van der Waals surface area contributed by atoms with Crippen molar-refractivity contribution < 1.29 is 24.2 Å². The van der Waals surface area contributed by atoms with Crippen LogP contribution < -0.4 is 5.32 Å². The van der Waals surface area contributed by atoms with Gasteiger partial charge in [-0.15, -0.1) is 0 Å². The van der Waals surface area contributed by atoms with Gasteiger partial charge in [0.25, 0.3) is 0 Å². The summed E-state index contributed by atoms with van der Waals surface area (Å²) < 4.78 is 5.39. The highest BCUT2D eigenvalue weighted by Gasteiger charge is 2.28. The van der Waals surface area contributed by atoms with E-state index in [0.29, 0.717) is 25.2 Å². The molecule has 0 radical (unpaired) electrons. The molecule has 1 amide bonds. The monoisotopic (exact) mass is 337 g/mol. The SMILES string of the molecule is O=C(O)C[C@@H]1CC=CCCC(=O)N[C@H](C2CCCCC2)COC1=O. The summed E-state index contributed by atoms with van der Waals surface area (Å²) >= 11 is 0. The van der Waals surface area contributed by atoms with E-state index < -0.39 is 17.9 Å². The molecule has 0 aromatic carbocycles. The molecule has 1 aliphatic heterocycles. The maximum absolute atomic E-state index is 12.2. The van der Waals surface area contributed by atoms with E-state index in [1.165, 1.54) is 6.42 Å². The second-order valence-corrected chi connectivity index (χ2v) is 6.74. The lowest BCUT2D eigenvalue weighted by Crippen LogP contribution is -2.45. The maximum atomic E-state index is 12.2. The number of carbonyl (C=O) groups is 3. The molecular weight excluding hydrogens is 310 g/mol. The second kappa shape index (κ2) is 9.45. The Morgan fingerprint density at radius 3 is 2.67 bits per heavy atom. The molecule has 1 aliphatic carbocycles. The number of nitrogens with one attached hydrogen (secondary N) is 1. The summed E-state index contributed by atoms with van der Waals surface area (Å²) in [6, 6.07) is -0.171. The van der Waals surface area contributed by atoms with Gasteiger partial charge >= 0.3 is 11.9 Å². The van der Waals surface area contributed by atoms with Crippen molar-refractivity contribution in [3.8, 4) is 0 Å². The number of cyclic esters (lactones) is 1. The van der Waals surface area contributed by atoms with Crippen LogP contribution in [0.2, 0.25) is 0 Å². The first-order valence-corrected chi connectivity index (χ1v) is 8.89. The number of carboxylic acids is 1. The van der Waals surface area contributed by atoms with Crippen LogP contribution in [0.25, 0.3) is 0 Å². The molecule has 2 N–H and O–H groups in total. The van der Waals surface area contributed by atoms with Crippen molar-refractivity contribution in [3.05, 3.63) is 12.2 Å². The van der Waals surface area contributed by atoms with Crippen molar-refractivity contribution in [1.82, 2.24) is 5.32 Å². The van der Waals surface area contributed by atoms with Gasteiger partial charge in [0.05, 0.1) is 18.4 Å². The van der Waals surface area contributed by atoms with E-state index in [2.05, 4.69) is 5.32 Å². The molecule has 0 spiro atoms. The Labute approximate surface area is 142 Å². The fourth-order valence-corrected chi connectivity index (χ4v) is 3.47. The molecule has 1 heterocycles. The number of hydrogen-bond donors (Lipinski definition) is 2. The molecule has 134 valence electrons. The summed E-state index contributed by atoms with van der Waals surface area (Å²) in [5.74, 6) is -1.85. The Kier molecular flexibility index (Phi) is 7.28. The number of amides is 1. The predicted molar refractivity (Wildman–Crippen MR) is 88.2 cm³/mol. The smallest absolute Gasteiger partial charge is 0.309 e. The van der Waals surface area contributed by atoms with Crippen LogP contribution in [-0.2, 0) is 19.1 Å². The van der Waals surface area contributed by atoms with E-state index >= 15 is 0 Å². The zero-order valence-corrected chi connectivity index (χ0v) is 14.0. The fourth-order valence-electron chi connectivity index (χ4n) is 3.47. The molecule has 6 nitrogen and oxygen atoms in total. The molecule has 1 fully saturated rings. The van der Waals surface area contributed by atoms with Crippen molar-refractivity contribution >= 4 is 17.8 Å². The number of carboxylic acid groups (broad SMARTS) is 1. The Morgan fingerprint density at radius 2 is 1.96 bits per heavy atom. The number of hydrogen-bond acceptors (Lipinski definition) is 4. The number of aliphatic carboxylic acids is 1. The Hall–Kier alpha value is -1.85. The van der Waals surface area contributed by atoms with Crippen LogP contribution in [0.15, 0.2) is 12.2 Å². The molecule has 2 atom stereocenters. The van der Waals surface area contributed by atoms with Crippen LogP contribution in [0, 0.1) is 11.8 Å². The van der Waals surface area contributed by atoms with Crippen molar-refractivity contribution in [1.29, 1.82) is 0 Å². The van der Waals surface area contributed by atoms with Gasteiger partial charge in [0.1, 0.15) is 6.61 Å². The van der Waals surface area contributed by atoms with Crippen LogP contribution in [0.5, 0.6) is 0 Å². The van der Waals surface area contributed by atoms with Gasteiger partial charge in [-0.2, -0.15) is 0 Å².